The number of fused-ring (bicyclic) bond motifs is 1. The molecular formula is C15H19N4O. The number of carbonyl (C=O) groups excluding carboxylic acids is 1. The third-order valence-electron chi connectivity index (χ3n) is 3.81. The Hall–Kier alpha value is -1.88. The quantitative estimate of drug-likeness (QED) is 0.818. The molecule has 5 heteroatoms. The Morgan fingerprint density at radius 3 is 3.15 bits per heavy atom. The highest BCUT2D eigenvalue weighted by Crippen LogP contribution is 2.12. The Labute approximate surface area is 118 Å². The summed E-state index contributed by atoms with van der Waals surface area (Å²) in [5.74, 6) is 0.164. The van der Waals surface area contributed by atoms with Crippen molar-refractivity contribution in [3.8, 4) is 0 Å². The van der Waals surface area contributed by atoms with E-state index in [9.17, 15) is 4.79 Å². The zero-order chi connectivity index (χ0) is 13.9. The first kappa shape index (κ1) is 13.1. The van der Waals surface area contributed by atoms with Crippen LogP contribution in [0.3, 0.4) is 0 Å². The van der Waals surface area contributed by atoms with Crippen LogP contribution in [0.25, 0.3) is 11.0 Å². The minimum atomic E-state index is 0.164. The maximum Gasteiger partial charge on any atom is 0.242 e. The van der Waals surface area contributed by atoms with E-state index in [-0.39, 0.29) is 5.91 Å². The second-order valence-corrected chi connectivity index (χ2v) is 5.31. The highest BCUT2D eigenvalue weighted by atomic mass is 16.2. The Morgan fingerprint density at radius 2 is 2.25 bits per heavy atom. The molecular weight excluding hydrogens is 252 g/mol. The van der Waals surface area contributed by atoms with Crippen LogP contribution in [0, 0.1) is 6.07 Å². The van der Waals surface area contributed by atoms with Gasteiger partial charge in [0.2, 0.25) is 5.91 Å². The van der Waals surface area contributed by atoms with Crippen LogP contribution in [0.2, 0.25) is 0 Å². The van der Waals surface area contributed by atoms with E-state index in [1.54, 1.807) is 6.20 Å². The summed E-state index contributed by atoms with van der Waals surface area (Å²) in [6.07, 6.45) is 4.61. The molecule has 0 bridgehead atoms. The molecule has 1 amide bonds. The van der Waals surface area contributed by atoms with E-state index in [1.165, 1.54) is 0 Å². The fourth-order valence-electron chi connectivity index (χ4n) is 2.61. The summed E-state index contributed by atoms with van der Waals surface area (Å²) in [4.78, 5) is 21.0. The number of hydrogen-bond acceptors (Lipinski definition) is 3. The first-order valence-corrected chi connectivity index (χ1v) is 7.02. The lowest BCUT2D eigenvalue weighted by atomic mass is 10.3. The van der Waals surface area contributed by atoms with Crippen LogP contribution >= 0.6 is 0 Å². The SMILES string of the molecule is CN1CCCN(C(=O)Cn2c[c]c3cccnc32)CC1. The lowest BCUT2D eigenvalue weighted by Crippen LogP contribution is -2.36. The third-order valence-corrected chi connectivity index (χ3v) is 3.81. The lowest BCUT2D eigenvalue weighted by Gasteiger charge is -2.21. The van der Waals surface area contributed by atoms with Gasteiger partial charge in [0.25, 0.3) is 0 Å². The molecule has 1 radical (unpaired) electrons. The Kier molecular flexibility index (Phi) is 3.69. The predicted octanol–water partition coefficient (Wildman–Crippen LogP) is 1.00. The van der Waals surface area contributed by atoms with E-state index in [2.05, 4.69) is 23.0 Å². The van der Waals surface area contributed by atoms with Gasteiger partial charge in [-0.25, -0.2) is 4.98 Å². The van der Waals surface area contributed by atoms with E-state index >= 15 is 0 Å². The molecule has 1 aliphatic rings. The van der Waals surface area contributed by atoms with E-state index in [4.69, 9.17) is 0 Å². The average Bonchev–Trinajstić information content (AvgIpc) is 2.72. The van der Waals surface area contributed by atoms with E-state index in [0.29, 0.717) is 6.54 Å². The van der Waals surface area contributed by atoms with Crippen LogP contribution in [-0.4, -0.2) is 58.5 Å². The van der Waals surface area contributed by atoms with Crippen LogP contribution in [0.4, 0.5) is 0 Å². The van der Waals surface area contributed by atoms with Gasteiger partial charge >= 0.3 is 0 Å². The maximum atomic E-state index is 12.4. The van der Waals surface area contributed by atoms with Gasteiger partial charge in [-0.2, -0.15) is 0 Å². The highest BCUT2D eigenvalue weighted by Gasteiger charge is 2.18. The van der Waals surface area contributed by atoms with Crippen molar-refractivity contribution in [1.82, 2.24) is 19.4 Å². The summed E-state index contributed by atoms with van der Waals surface area (Å²) in [6.45, 7) is 4.01. The van der Waals surface area contributed by atoms with Crippen molar-refractivity contribution >= 4 is 16.9 Å². The molecule has 3 rings (SSSR count). The largest absolute Gasteiger partial charge is 0.340 e. The van der Waals surface area contributed by atoms with Crippen molar-refractivity contribution in [2.45, 2.75) is 13.0 Å². The molecule has 20 heavy (non-hydrogen) atoms. The summed E-state index contributed by atoms with van der Waals surface area (Å²) in [5.41, 5.74) is 0.827. The number of carbonyl (C=O) groups is 1. The van der Waals surface area contributed by atoms with Crippen molar-refractivity contribution in [2.24, 2.45) is 0 Å². The predicted molar refractivity (Wildman–Crippen MR) is 77.3 cm³/mol. The van der Waals surface area contributed by atoms with Crippen molar-refractivity contribution in [1.29, 1.82) is 0 Å². The Bertz CT molecular complexity index is 607. The van der Waals surface area contributed by atoms with Crippen LogP contribution in [0.15, 0.2) is 24.5 Å². The monoisotopic (exact) mass is 271 g/mol. The van der Waals surface area contributed by atoms with Crippen molar-refractivity contribution in [3.63, 3.8) is 0 Å². The smallest absolute Gasteiger partial charge is 0.242 e. The Morgan fingerprint density at radius 1 is 1.35 bits per heavy atom. The van der Waals surface area contributed by atoms with Gasteiger partial charge in [-0.05, 0) is 32.1 Å². The highest BCUT2D eigenvalue weighted by molar-refractivity contribution is 5.80. The number of hydrogen-bond donors (Lipinski definition) is 0. The first-order valence-electron chi connectivity index (χ1n) is 7.02. The molecule has 105 valence electrons. The zero-order valence-corrected chi connectivity index (χ0v) is 11.7. The zero-order valence-electron chi connectivity index (χ0n) is 11.7. The second kappa shape index (κ2) is 5.63. The number of likely N-dealkylation sites (N-methyl/N-ethyl adjacent to an activating group) is 1. The van der Waals surface area contributed by atoms with Crippen LogP contribution < -0.4 is 0 Å². The van der Waals surface area contributed by atoms with E-state index in [0.717, 1.165) is 43.6 Å². The molecule has 2 aromatic rings. The molecule has 0 spiro atoms. The fraction of sp³-hybridized carbons (Fsp3) is 0.467. The summed E-state index contributed by atoms with van der Waals surface area (Å²) in [6, 6.07) is 6.98. The van der Waals surface area contributed by atoms with Gasteiger partial charge < -0.3 is 14.4 Å². The van der Waals surface area contributed by atoms with E-state index in [1.807, 2.05) is 27.8 Å². The number of pyridine rings is 1. The molecule has 3 heterocycles. The standard InChI is InChI=1S/C15H19N4O/c1-17-7-3-8-18(11-10-17)14(20)12-19-9-5-13-4-2-6-16-15(13)19/h2,4,6,9H,3,7-8,10-12H2,1H3. The molecule has 0 unspecified atom stereocenters. The normalized spacial score (nSPS) is 17.4. The Balaban J connectivity index is 1.72. The molecule has 0 N–H and O–H groups in total. The van der Waals surface area contributed by atoms with Gasteiger partial charge in [0.05, 0.1) is 0 Å². The third kappa shape index (κ3) is 2.67. The number of rotatable bonds is 2. The molecule has 1 aliphatic heterocycles. The van der Waals surface area contributed by atoms with Crippen LogP contribution in [0.5, 0.6) is 0 Å². The first-order chi connectivity index (χ1) is 9.74. The minimum absolute atomic E-state index is 0.164. The topological polar surface area (TPSA) is 41.4 Å². The molecule has 0 aliphatic carbocycles. The van der Waals surface area contributed by atoms with Gasteiger partial charge in [0.15, 0.2) is 0 Å². The van der Waals surface area contributed by atoms with Crippen molar-refractivity contribution < 1.29 is 4.79 Å². The summed E-state index contributed by atoms with van der Waals surface area (Å²) >= 11 is 0. The fourth-order valence-corrected chi connectivity index (χ4v) is 2.61. The van der Waals surface area contributed by atoms with Crippen LogP contribution in [0.1, 0.15) is 6.42 Å². The molecule has 2 aromatic heterocycles. The van der Waals surface area contributed by atoms with Gasteiger partial charge in [-0.3, -0.25) is 4.79 Å². The molecule has 1 fully saturated rings. The van der Waals surface area contributed by atoms with Crippen molar-refractivity contribution in [3.05, 3.63) is 30.6 Å². The van der Waals surface area contributed by atoms with Gasteiger partial charge in [0, 0.05) is 43.5 Å². The van der Waals surface area contributed by atoms with Gasteiger partial charge in [-0.1, -0.05) is 0 Å². The second-order valence-electron chi connectivity index (χ2n) is 5.31. The van der Waals surface area contributed by atoms with Gasteiger partial charge in [0.1, 0.15) is 12.2 Å². The molecule has 0 saturated carbocycles. The number of nitrogens with zero attached hydrogens (tertiary/aromatic N) is 4. The molecule has 1 saturated heterocycles. The molecule has 5 nitrogen and oxygen atoms in total. The van der Waals surface area contributed by atoms with E-state index < -0.39 is 0 Å². The van der Waals surface area contributed by atoms with Crippen LogP contribution in [-0.2, 0) is 11.3 Å². The summed E-state index contributed by atoms with van der Waals surface area (Å²) in [5, 5.41) is 0.955. The minimum Gasteiger partial charge on any atom is -0.340 e. The maximum absolute atomic E-state index is 12.4. The lowest BCUT2D eigenvalue weighted by molar-refractivity contribution is -0.131. The molecule has 0 atom stereocenters. The molecule has 0 aromatic carbocycles. The number of amides is 1. The summed E-state index contributed by atoms with van der Waals surface area (Å²) < 4.78 is 1.88. The number of aromatic nitrogens is 2. The van der Waals surface area contributed by atoms with Crippen molar-refractivity contribution in [2.75, 3.05) is 33.2 Å². The average molecular weight is 271 g/mol. The summed E-state index contributed by atoms with van der Waals surface area (Å²) in [7, 11) is 2.10. The van der Waals surface area contributed by atoms with Gasteiger partial charge in [-0.15, -0.1) is 0 Å².